The van der Waals surface area contributed by atoms with E-state index in [0.29, 0.717) is 6.61 Å². The van der Waals surface area contributed by atoms with Crippen molar-refractivity contribution in [3.63, 3.8) is 0 Å². The molecule has 1 aliphatic heterocycles. The van der Waals surface area contributed by atoms with Gasteiger partial charge in [-0.05, 0) is 42.0 Å². The molecule has 2 aromatic carbocycles. The number of nitrogens with zero attached hydrogens (tertiary/aromatic N) is 2. The zero-order valence-corrected chi connectivity index (χ0v) is 15.1. The van der Waals surface area contributed by atoms with Gasteiger partial charge in [-0.25, -0.2) is 0 Å². The summed E-state index contributed by atoms with van der Waals surface area (Å²) < 4.78 is 5.77. The van der Waals surface area contributed by atoms with Gasteiger partial charge in [-0.1, -0.05) is 35.3 Å². The van der Waals surface area contributed by atoms with E-state index in [0.717, 1.165) is 55.1 Å². The van der Waals surface area contributed by atoms with Gasteiger partial charge >= 0.3 is 0 Å². The molecule has 0 aliphatic carbocycles. The maximum absolute atomic E-state index is 5.94. The summed E-state index contributed by atoms with van der Waals surface area (Å²) >= 11 is 11.8. The molecule has 3 nitrogen and oxygen atoms in total. The molecule has 128 valence electrons. The van der Waals surface area contributed by atoms with Crippen LogP contribution in [0, 0.1) is 0 Å². The lowest BCUT2D eigenvalue weighted by Gasteiger charge is -2.34. The van der Waals surface area contributed by atoms with E-state index in [1.807, 2.05) is 36.4 Å². The van der Waals surface area contributed by atoms with Gasteiger partial charge in [0.15, 0.2) is 0 Å². The van der Waals surface area contributed by atoms with Crippen molar-refractivity contribution in [2.45, 2.75) is 6.54 Å². The minimum Gasteiger partial charge on any atom is -0.492 e. The first kappa shape index (κ1) is 17.6. The quantitative estimate of drug-likeness (QED) is 0.764. The molecule has 0 saturated carbocycles. The predicted molar refractivity (Wildman–Crippen MR) is 100 cm³/mol. The number of rotatable bonds is 6. The van der Waals surface area contributed by atoms with Crippen molar-refractivity contribution < 1.29 is 4.74 Å². The van der Waals surface area contributed by atoms with Gasteiger partial charge in [0.2, 0.25) is 0 Å². The maximum atomic E-state index is 5.94. The molecule has 0 spiro atoms. The van der Waals surface area contributed by atoms with Crippen LogP contribution in [0.3, 0.4) is 0 Å². The number of piperazine rings is 1. The Bertz CT molecular complexity index is 623. The summed E-state index contributed by atoms with van der Waals surface area (Å²) in [6.07, 6.45) is 0. The molecule has 0 atom stereocenters. The topological polar surface area (TPSA) is 15.7 Å². The van der Waals surface area contributed by atoms with Gasteiger partial charge in [-0.2, -0.15) is 0 Å². The molecule has 1 fully saturated rings. The monoisotopic (exact) mass is 364 g/mol. The van der Waals surface area contributed by atoms with Crippen LogP contribution in [0.15, 0.2) is 48.5 Å². The standard InChI is InChI=1S/C19H22Cl2N2O/c20-17-3-1-16(2-4-17)15-23-11-9-22(10-12-23)13-14-24-19-7-5-18(21)6-8-19/h1-8H,9-15H2. The van der Waals surface area contributed by atoms with Crippen molar-refractivity contribution in [2.75, 3.05) is 39.3 Å². The van der Waals surface area contributed by atoms with Gasteiger partial charge in [0.05, 0.1) is 0 Å². The van der Waals surface area contributed by atoms with Crippen LogP contribution in [0.1, 0.15) is 5.56 Å². The molecular weight excluding hydrogens is 343 g/mol. The number of hydrogen-bond acceptors (Lipinski definition) is 3. The average molecular weight is 365 g/mol. The summed E-state index contributed by atoms with van der Waals surface area (Å²) in [6.45, 7) is 6.99. The van der Waals surface area contributed by atoms with Crippen molar-refractivity contribution in [1.29, 1.82) is 0 Å². The first-order valence-electron chi connectivity index (χ1n) is 8.26. The van der Waals surface area contributed by atoms with Gasteiger partial charge in [0, 0.05) is 49.3 Å². The smallest absolute Gasteiger partial charge is 0.119 e. The fraction of sp³-hybridized carbons (Fsp3) is 0.368. The third kappa shape index (κ3) is 5.38. The highest BCUT2D eigenvalue weighted by Gasteiger charge is 2.16. The van der Waals surface area contributed by atoms with E-state index in [1.54, 1.807) is 0 Å². The first-order valence-corrected chi connectivity index (χ1v) is 9.02. The summed E-state index contributed by atoms with van der Waals surface area (Å²) in [5, 5.41) is 1.53. The number of ether oxygens (including phenoxy) is 1. The van der Waals surface area contributed by atoms with Crippen LogP contribution in [0.5, 0.6) is 5.75 Å². The van der Waals surface area contributed by atoms with Gasteiger partial charge in [0.1, 0.15) is 12.4 Å². The lowest BCUT2D eigenvalue weighted by atomic mass is 10.2. The van der Waals surface area contributed by atoms with Crippen LogP contribution in [-0.4, -0.2) is 49.1 Å². The maximum Gasteiger partial charge on any atom is 0.119 e. The minimum absolute atomic E-state index is 0.707. The molecular formula is C19H22Cl2N2O. The molecule has 24 heavy (non-hydrogen) atoms. The lowest BCUT2D eigenvalue weighted by Crippen LogP contribution is -2.47. The van der Waals surface area contributed by atoms with Gasteiger partial charge in [0.25, 0.3) is 0 Å². The number of halogens is 2. The van der Waals surface area contributed by atoms with E-state index in [2.05, 4.69) is 21.9 Å². The van der Waals surface area contributed by atoms with Crippen LogP contribution in [0.2, 0.25) is 10.0 Å². The minimum atomic E-state index is 0.707. The van der Waals surface area contributed by atoms with Crippen molar-refractivity contribution in [1.82, 2.24) is 9.80 Å². The Morgan fingerprint density at radius 1 is 0.750 bits per heavy atom. The Morgan fingerprint density at radius 3 is 1.92 bits per heavy atom. The average Bonchev–Trinajstić information content (AvgIpc) is 2.60. The molecule has 2 aromatic rings. The molecule has 0 bridgehead atoms. The van der Waals surface area contributed by atoms with Crippen LogP contribution in [-0.2, 0) is 6.54 Å². The molecule has 1 heterocycles. The molecule has 0 aromatic heterocycles. The van der Waals surface area contributed by atoms with E-state index < -0.39 is 0 Å². The molecule has 0 radical (unpaired) electrons. The SMILES string of the molecule is Clc1ccc(CN2CCN(CCOc3ccc(Cl)cc3)CC2)cc1. The van der Waals surface area contributed by atoms with Crippen molar-refractivity contribution in [3.8, 4) is 5.75 Å². The zero-order chi connectivity index (χ0) is 16.8. The molecule has 1 saturated heterocycles. The Morgan fingerprint density at radius 2 is 1.29 bits per heavy atom. The molecule has 3 rings (SSSR count). The summed E-state index contributed by atoms with van der Waals surface area (Å²) in [5.74, 6) is 0.876. The largest absolute Gasteiger partial charge is 0.492 e. The second-order valence-corrected chi connectivity index (χ2v) is 6.92. The Hall–Kier alpha value is -1.26. The highest BCUT2D eigenvalue weighted by molar-refractivity contribution is 6.30. The van der Waals surface area contributed by atoms with Gasteiger partial charge in [-0.15, -0.1) is 0 Å². The second kappa shape index (κ2) is 8.72. The van der Waals surface area contributed by atoms with Crippen LogP contribution >= 0.6 is 23.2 Å². The van der Waals surface area contributed by atoms with E-state index in [-0.39, 0.29) is 0 Å². The number of benzene rings is 2. The molecule has 1 aliphatic rings. The van der Waals surface area contributed by atoms with Crippen molar-refractivity contribution in [3.05, 3.63) is 64.1 Å². The van der Waals surface area contributed by atoms with E-state index in [9.17, 15) is 0 Å². The van der Waals surface area contributed by atoms with Crippen LogP contribution in [0.25, 0.3) is 0 Å². The lowest BCUT2D eigenvalue weighted by molar-refractivity contribution is 0.112. The third-order valence-electron chi connectivity index (χ3n) is 4.27. The zero-order valence-electron chi connectivity index (χ0n) is 13.6. The molecule has 0 N–H and O–H groups in total. The molecule has 0 unspecified atom stereocenters. The van der Waals surface area contributed by atoms with E-state index in [4.69, 9.17) is 27.9 Å². The highest BCUT2D eigenvalue weighted by Crippen LogP contribution is 2.16. The van der Waals surface area contributed by atoms with Crippen LogP contribution in [0.4, 0.5) is 0 Å². The van der Waals surface area contributed by atoms with E-state index in [1.165, 1.54) is 5.56 Å². The Labute approximate surface area is 153 Å². The molecule has 5 heteroatoms. The fourth-order valence-corrected chi connectivity index (χ4v) is 3.09. The van der Waals surface area contributed by atoms with Crippen molar-refractivity contribution in [2.24, 2.45) is 0 Å². The highest BCUT2D eigenvalue weighted by atomic mass is 35.5. The first-order chi connectivity index (χ1) is 11.7. The summed E-state index contributed by atoms with van der Waals surface area (Å²) in [6, 6.07) is 15.7. The van der Waals surface area contributed by atoms with Crippen molar-refractivity contribution >= 4 is 23.2 Å². The van der Waals surface area contributed by atoms with Gasteiger partial charge < -0.3 is 4.74 Å². The normalized spacial score (nSPS) is 16.2. The van der Waals surface area contributed by atoms with Gasteiger partial charge in [-0.3, -0.25) is 9.80 Å². The number of hydrogen-bond donors (Lipinski definition) is 0. The fourth-order valence-electron chi connectivity index (χ4n) is 2.84. The van der Waals surface area contributed by atoms with Crippen LogP contribution < -0.4 is 4.74 Å². The third-order valence-corrected chi connectivity index (χ3v) is 4.78. The van der Waals surface area contributed by atoms with E-state index >= 15 is 0 Å². The summed E-state index contributed by atoms with van der Waals surface area (Å²) in [7, 11) is 0. The summed E-state index contributed by atoms with van der Waals surface area (Å²) in [4.78, 5) is 4.94. The summed E-state index contributed by atoms with van der Waals surface area (Å²) in [5.41, 5.74) is 1.32. The Kier molecular flexibility index (Phi) is 6.38. The Balaban J connectivity index is 1.36. The predicted octanol–water partition coefficient (Wildman–Crippen LogP) is 4.19. The second-order valence-electron chi connectivity index (χ2n) is 6.05. The molecule has 0 amide bonds.